The van der Waals surface area contributed by atoms with Gasteiger partial charge in [0, 0.05) is 6.61 Å². The van der Waals surface area contributed by atoms with Gasteiger partial charge in [0.15, 0.2) is 0 Å². The van der Waals surface area contributed by atoms with Gasteiger partial charge in [0.1, 0.15) is 5.75 Å². The Hall–Kier alpha value is -1.26. The zero-order valence-electron chi connectivity index (χ0n) is 10.6. The van der Waals surface area contributed by atoms with Crippen molar-refractivity contribution in [1.29, 1.82) is 0 Å². The highest BCUT2D eigenvalue weighted by Gasteiger charge is 2.14. The van der Waals surface area contributed by atoms with Gasteiger partial charge in [-0.05, 0) is 43.9 Å². The molecule has 0 aromatic heterocycles. The molecule has 1 aliphatic rings. The molecule has 1 atom stereocenters. The molecule has 0 radical (unpaired) electrons. The average Bonchev–Trinajstić information content (AvgIpc) is 2.89. The lowest BCUT2D eigenvalue weighted by molar-refractivity contribution is 0.0696. The maximum atomic E-state index is 10.8. The van der Waals surface area contributed by atoms with Gasteiger partial charge in [-0.3, -0.25) is 0 Å². The molecule has 0 spiro atoms. The smallest absolute Gasteiger partial charge is 0.335 e. The Morgan fingerprint density at radius 1 is 1.53 bits per heavy atom. The van der Waals surface area contributed by atoms with Crippen molar-refractivity contribution < 1.29 is 19.4 Å². The van der Waals surface area contributed by atoms with Crippen LogP contribution in [0.15, 0.2) is 18.2 Å². The maximum Gasteiger partial charge on any atom is 0.335 e. The van der Waals surface area contributed by atoms with E-state index in [-0.39, 0.29) is 5.56 Å². The second-order valence-electron chi connectivity index (χ2n) is 4.58. The first-order chi connectivity index (χ1) is 9.16. The van der Waals surface area contributed by atoms with Crippen LogP contribution in [0.5, 0.6) is 5.75 Å². The van der Waals surface area contributed by atoms with Gasteiger partial charge in [-0.25, -0.2) is 4.79 Å². The molecule has 0 bridgehead atoms. The Balaban J connectivity index is 1.77. The fraction of sp³-hybridized carbons (Fsp3) is 0.500. The first kappa shape index (κ1) is 14.2. The van der Waals surface area contributed by atoms with E-state index < -0.39 is 5.97 Å². The predicted molar refractivity (Wildman–Crippen MR) is 72.1 cm³/mol. The molecule has 1 aromatic carbocycles. The zero-order chi connectivity index (χ0) is 13.7. The number of carbonyl (C=O) groups is 1. The molecule has 19 heavy (non-hydrogen) atoms. The maximum absolute atomic E-state index is 10.8. The highest BCUT2D eigenvalue weighted by Crippen LogP contribution is 2.26. The Labute approximate surface area is 117 Å². The Morgan fingerprint density at radius 2 is 2.37 bits per heavy atom. The van der Waals surface area contributed by atoms with E-state index in [1.54, 1.807) is 6.07 Å². The van der Waals surface area contributed by atoms with Crippen molar-refractivity contribution in [2.24, 2.45) is 0 Å². The summed E-state index contributed by atoms with van der Waals surface area (Å²) >= 11 is 5.97. The minimum absolute atomic E-state index is 0.164. The molecule has 0 saturated carbocycles. The van der Waals surface area contributed by atoms with E-state index >= 15 is 0 Å². The lowest BCUT2D eigenvalue weighted by Gasteiger charge is -2.11. The molecule has 1 aliphatic heterocycles. The Kier molecular flexibility index (Phi) is 5.05. The molecule has 104 valence electrons. The van der Waals surface area contributed by atoms with E-state index in [1.165, 1.54) is 12.1 Å². The summed E-state index contributed by atoms with van der Waals surface area (Å²) in [5.41, 5.74) is 0.164. The van der Waals surface area contributed by atoms with Gasteiger partial charge in [-0.1, -0.05) is 11.6 Å². The highest BCUT2D eigenvalue weighted by molar-refractivity contribution is 6.32. The van der Waals surface area contributed by atoms with Gasteiger partial charge in [0.25, 0.3) is 0 Å². The van der Waals surface area contributed by atoms with Crippen LogP contribution in [-0.2, 0) is 4.74 Å². The molecular formula is C14H17ClO4. The van der Waals surface area contributed by atoms with E-state index in [0.29, 0.717) is 23.5 Å². The van der Waals surface area contributed by atoms with Crippen LogP contribution in [0.1, 0.15) is 36.0 Å². The summed E-state index contributed by atoms with van der Waals surface area (Å²) in [6.45, 7) is 1.43. The van der Waals surface area contributed by atoms with Crippen molar-refractivity contribution in [2.45, 2.75) is 31.8 Å². The highest BCUT2D eigenvalue weighted by atomic mass is 35.5. The molecule has 1 saturated heterocycles. The lowest BCUT2D eigenvalue weighted by Crippen LogP contribution is -2.08. The van der Waals surface area contributed by atoms with Crippen LogP contribution in [0.25, 0.3) is 0 Å². The molecule has 1 heterocycles. The quantitative estimate of drug-likeness (QED) is 0.814. The number of halogens is 1. The molecule has 4 nitrogen and oxygen atoms in total. The summed E-state index contributed by atoms with van der Waals surface area (Å²) < 4.78 is 11.1. The van der Waals surface area contributed by atoms with Crippen molar-refractivity contribution in [1.82, 2.24) is 0 Å². The number of rotatable bonds is 6. The van der Waals surface area contributed by atoms with Crippen LogP contribution < -0.4 is 4.74 Å². The zero-order valence-corrected chi connectivity index (χ0v) is 11.4. The van der Waals surface area contributed by atoms with Crippen LogP contribution in [0.3, 0.4) is 0 Å². The van der Waals surface area contributed by atoms with Gasteiger partial charge >= 0.3 is 5.97 Å². The van der Waals surface area contributed by atoms with Crippen LogP contribution in [0.4, 0.5) is 0 Å². The topological polar surface area (TPSA) is 55.8 Å². The fourth-order valence-corrected chi connectivity index (χ4v) is 2.35. The molecule has 1 fully saturated rings. The largest absolute Gasteiger partial charge is 0.492 e. The number of hydrogen-bond donors (Lipinski definition) is 1. The first-order valence-corrected chi connectivity index (χ1v) is 6.82. The van der Waals surface area contributed by atoms with Gasteiger partial charge < -0.3 is 14.6 Å². The standard InChI is InChI=1S/C14H17ClO4/c15-12-9-10(14(16)17)5-6-13(12)19-8-2-4-11-3-1-7-18-11/h5-6,9,11H,1-4,7-8H2,(H,16,17). The molecule has 2 rings (SSSR count). The first-order valence-electron chi connectivity index (χ1n) is 6.44. The molecule has 1 unspecified atom stereocenters. The van der Waals surface area contributed by atoms with E-state index in [1.807, 2.05) is 0 Å². The van der Waals surface area contributed by atoms with Gasteiger partial charge in [0.05, 0.1) is 23.3 Å². The third-order valence-electron chi connectivity index (χ3n) is 3.13. The predicted octanol–water partition coefficient (Wildman–Crippen LogP) is 3.38. The second kappa shape index (κ2) is 6.78. The number of carboxylic acid groups (broad SMARTS) is 1. The summed E-state index contributed by atoms with van der Waals surface area (Å²) in [7, 11) is 0. The van der Waals surface area contributed by atoms with Crippen molar-refractivity contribution >= 4 is 17.6 Å². The van der Waals surface area contributed by atoms with Gasteiger partial charge in [-0.2, -0.15) is 0 Å². The third-order valence-corrected chi connectivity index (χ3v) is 3.43. The molecule has 5 heteroatoms. The van der Waals surface area contributed by atoms with Gasteiger partial charge in [0.2, 0.25) is 0 Å². The number of hydrogen-bond acceptors (Lipinski definition) is 3. The third kappa shape index (κ3) is 4.11. The minimum Gasteiger partial charge on any atom is -0.492 e. The summed E-state index contributed by atoms with van der Waals surface area (Å²) in [5.74, 6) is -0.467. The second-order valence-corrected chi connectivity index (χ2v) is 4.98. The van der Waals surface area contributed by atoms with Gasteiger partial charge in [-0.15, -0.1) is 0 Å². The van der Waals surface area contributed by atoms with Crippen molar-refractivity contribution in [3.05, 3.63) is 28.8 Å². The van der Waals surface area contributed by atoms with Crippen LogP contribution in [0.2, 0.25) is 5.02 Å². The van der Waals surface area contributed by atoms with Crippen molar-refractivity contribution in [3.8, 4) is 5.75 Å². The van der Waals surface area contributed by atoms with Crippen LogP contribution in [0, 0.1) is 0 Å². The van der Waals surface area contributed by atoms with E-state index in [0.717, 1.165) is 32.3 Å². The number of ether oxygens (including phenoxy) is 2. The molecule has 0 amide bonds. The number of benzene rings is 1. The average molecular weight is 285 g/mol. The van der Waals surface area contributed by atoms with E-state index in [2.05, 4.69) is 0 Å². The molecule has 0 aliphatic carbocycles. The number of aromatic carboxylic acids is 1. The lowest BCUT2D eigenvalue weighted by atomic mass is 10.1. The fourth-order valence-electron chi connectivity index (χ4n) is 2.12. The van der Waals surface area contributed by atoms with Crippen LogP contribution >= 0.6 is 11.6 Å². The monoisotopic (exact) mass is 284 g/mol. The normalized spacial score (nSPS) is 18.5. The van der Waals surface area contributed by atoms with Crippen molar-refractivity contribution in [3.63, 3.8) is 0 Å². The van der Waals surface area contributed by atoms with E-state index in [9.17, 15) is 4.79 Å². The summed E-state index contributed by atoms with van der Waals surface area (Å²) in [6.07, 6.45) is 4.54. The summed E-state index contributed by atoms with van der Waals surface area (Å²) in [4.78, 5) is 10.8. The summed E-state index contributed by atoms with van der Waals surface area (Å²) in [6, 6.07) is 4.49. The van der Waals surface area contributed by atoms with E-state index in [4.69, 9.17) is 26.2 Å². The molecule has 1 N–H and O–H groups in total. The molecular weight excluding hydrogens is 268 g/mol. The number of carboxylic acids is 1. The summed E-state index contributed by atoms with van der Waals surface area (Å²) in [5, 5.41) is 9.15. The van der Waals surface area contributed by atoms with Crippen LogP contribution in [-0.4, -0.2) is 30.4 Å². The van der Waals surface area contributed by atoms with Crippen molar-refractivity contribution in [2.75, 3.05) is 13.2 Å². The SMILES string of the molecule is O=C(O)c1ccc(OCCCC2CCCO2)c(Cl)c1. The molecule has 1 aromatic rings. The Morgan fingerprint density at radius 3 is 3.00 bits per heavy atom. The Bertz CT molecular complexity index is 441. The minimum atomic E-state index is -0.994.